The SMILES string of the molecule is CC(Br)C#Cc1ccccc1. The zero-order chi connectivity index (χ0) is 8.10. The first-order chi connectivity index (χ1) is 5.29. The lowest BCUT2D eigenvalue weighted by molar-refractivity contribution is 1.33. The molecule has 1 heteroatoms. The molecule has 0 N–H and O–H groups in total. The Hall–Kier alpha value is -0.740. The van der Waals surface area contributed by atoms with Crippen molar-refractivity contribution in [2.45, 2.75) is 11.8 Å². The average molecular weight is 209 g/mol. The molecular weight excluding hydrogens is 200 g/mol. The molecule has 0 radical (unpaired) electrons. The maximum atomic E-state index is 3.36. The number of hydrogen-bond donors (Lipinski definition) is 0. The molecule has 0 bridgehead atoms. The molecule has 0 saturated heterocycles. The molecule has 0 fully saturated rings. The first-order valence-corrected chi connectivity index (χ1v) is 4.41. The van der Waals surface area contributed by atoms with Gasteiger partial charge in [-0.1, -0.05) is 46.0 Å². The summed E-state index contributed by atoms with van der Waals surface area (Å²) in [6.45, 7) is 2.01. The largest absolute Gasteiger partial charge is 0.0832 e. The summed E-state index contributed by atoms with van der Waals surface area (Å²) < 4.78 is 0. The van der Waals surface area contributed by atoms with Crippen LogP contribution >= 0.6 is 15.9 Å². The van der Waals surface area contributed by atoms with Crippen molar-refractivity contribution in [3.8, 4) is 11.8 Å². The molecule has 0 aliphatic rings. The van der Waals surface area contributed by atoms with E-state index >= 15 is 0 Å². The van der Waals surface area contributed by atoms with Gasteiger partial charge in [-0.25, -0.2) is 0 Å². The van der Waals surface area contributed by atoms with E-state index in [4.69, 9.17) is 0 Å². The molecule has 0 amide bonds. The first-order valence-electron chi connectivity index (χ1n) is 3.49. The van der Waals surface area contributed by atoms with Crippen molar-refractivity contribution >= 4 is 15.9 Å². The van der Waals surface area contributed by atoms with Gasteiger partial charge in [0, 0.05) is 5.56 Å². The maximum Gasteiger partial charge on any atom is 0.0730 e. The lowest BCUT2D eigenvalue weighted by Gasteiger charge is -1.87. The molecule has 11 heavy (non-hydrogen) atoms. The van der Waals surface area contributed by atoms with Crippen LogP contribution in [0.5, 0.6) is 0 Å². The number of halogens is 1. The highest BCUT2D eigenvalue weighted by Crippen LogP contribution is 1.97. The highest BCUT2D eigenvalue weighted by atomic mass is 79.9. The van der Waals surface area contributed by atoms with Gasteiger partial charge >= 0.3 is 0 Å². The molecule has 1 rings (SSSR count). The minimum absolute atomic E-state index is 0.266. The lowest BCUT2D eigenvalue weighted by atomic mass is 10.2. The third-order valence-corrected chi connectivity index (χ3v) is 1.42. The van der Waals surface area contributed by atoms with Gasteiger partial charge in [0.2, 0.25) is 0 Å². The second kappa shape index (κ2) is 4.20. The smallest absolute Gasteiger partial charge is 0.0730 e. The predicted molar refractivity (Wildman–Crippen MR) is 51.7 cm³/mol. The van der Waals surface area contributed by atoms with Crippen LogP contribution in [0.2, 0.25) is 0 Å². The van der Waals surface area contributed by atoms with Gasteiger partial charge in [-0.15, -0.1) is 0 Å². The van der Waals surface area contributed by atoms with E-state index in [1.54, 1.807) is 0 Å². The Balaban J connectivity index is 2.75. The summed E-state index contributed by atoms with van der Waals surface area (Å²) in [6.07, 6.45) is 0. The number of alkyl halides is 1. The van der Waals surface area contributed by atoms with Gasteiger partial charge in [0.25, 0.3) is 0 Å². The molecule has 1 unspecified atom stereocenters. The van der Waals surface area contributed by atoms with E-state index in [9.17, 15) is 0 Å². The molecule has 0 heterocycles. The van der Waals surface area contributed by atoms with Crippen molar-refractivity contribution in [2.75, 3.05) is 0 Å². The van der Waals surface area contributed by atoms with Crippen LogP contribution in [0.15, 0.2) is 30.3 Å². The van der Waals surface area contributed by atoms with Crippen molar-refractivity contribution in [3.63, 3.8) is 0 Å². The zero-order valence-corrected chi connectivity index (χ0v) is 7.93. The third kappa shape index (κ3) is 3.25. The Kier molecular flexibility index (Phi) is 3.19. The van der Waals surface area contributed by atoms with Crippen molar-refractivity contribution in [1.29, 1.82) is 0 Å². The van der Waals surface area contributed by atoms with Gasteiger partial charge in [-0.05, 0) is 19.1 Å². The minimum atomic E-state index is 0.266. The van der Waals surface area contributed by atoms with E-state index in [1.807, 2.05) is 37.3 Å². The van der Waals surface area contributed by atoms with Crippen LogP contribution in [0.1, 0.15) is 12.5 Å². The second-order valence-electron chi connectivity index (χ2n) is 2.25. The van der Waals surface area contributed by atoms with Crippen LogP contribution in [0.3, 0.4) is 0 Å². The average Bonchev–Trinajstić information content (AvgIpc) is 2.03. The monoisotopic (exact) mass is 208 g/mol. The summed E-state index contributed by atoms with van der Waals surface area (Å²) in [5.41, 5.74) is 1.07. The Morgan fingerprint density at radius 1 is 1.27 bits per heavy atom. The fraction of sp³-hybridized carbons (Fsp3) is 0.200. The molecule has 0 spiro atoms. The van der Waals surface area contributed by atoms with E-state index in [2.05, 4.69) is 27.8 Å². The van der Waals surface area contributed by atoms with Crippen LogP contribution in [-0.4, -0.2) is 4.83 Å². The maximum absolute atomic E-state index is 3.36. The van der Waals surface area contributed by atoms with Crippen molar-refractivity contribution in [2.24, 2.45) is 0 Å². The fourth-order valence-corrected chi connectivity index (χ4v) is 0.819. The summed E-state index contributed by atoms with van der Waals surface area (Å²) in [4.78, 5) is 0.266. The molecule has 0 aromatic heterocycles. The normalized spacial score (nSPS) is 11.5. The van der Waals surface area contributed by atoms with E-state index in [0.717, 1.165) is 5.56 Å². The zero-order valence-electron chi connectivity index (χ0n) is 6.34. The molecule has 56 valence electrons. The minimum Gasteiger partial charge on any atom is -0.0832 e. The lowest BCUT2D eigenvalue weighted by Crippen LogP contribution is -1.81. The van der Waals surface area contributed by atoms with Crippen molar-refractivity contribution in [1.82, 2.24) is 0 Å². The summed E-state index contributed by atoms with van der Waals surface area (Å²) in [6, 6.07) is 9.97. The number of hydrogen-bond acceptors (Lipinski definition) is 0. The predicted octanol–water partition coefficient (Wildman–Crippen LogP) is 2.82. The third-order valence-electron chi connectivity index (χ3n) is 1.19. The molecular formula is C10H9Br. The molecule has 1 aromatic carbocycles. The number of benzene rings is 1. The van der Waals surface area contributed by atoms with Crippen LogP contribution in [0, 0.1) is 11.8 Å². The first kappa shape index (κ1) is 8.36. The van der Waals surface area contributed by atoms with Gasteiger partial charge in [-0.3, -0.25) is 0 Å². The van der Waals surface area contributed by atoms with Gasteiger partial charge < -0.3 is 0 Å². The molecule has 1 atom stereocenters. The summed E-state index contributed by atoms with van der Waals surface area (Å²) in [5, 5.41) is 0. The van der Waals surface area contributed by atoms with E-state index < -0.39 is 0 Å². The Morgan fingerprint density at radius 2 is 1.91 bits per heavy atom. The van der Waals surface area contributed by atoms with Gasteiger partial charge in [0.15, 0.2) is 0 Å². The van der Waals surface area contributed by atoms with E-state index in [1.165, 1.54) is 0 Å². The standard InChI is InChI=1S/C10H9Br/c1-9(11)7-8-10-5-3-2-4-6-10/h2-6,9H,1H3. The van der Waals surface area contributed by atoms with Gasteiger partial charge in [0.1, 0.15) is 0 Å². The Bertz CT molecular complexity index is 264. The fourth-order valence-electron chi connectivity index (χ4n) is 0.704. The molecule has 1 aromatic rings. The van der Waals surface area contributed by atoms with E-state index in [0.29, 0.717) is 0 Å². The van der Waals surface area contributed by atoms with Crippen molar-refractivity contribution in [3.05, 3.63) is 35.9 Å². The van der Waals surface area contributed by atoms with Crippen LogP contribution in [0.25, 0.3) is 0 Å². The second-order valence-corrected chi connectivity index (χ2v) is 3.62. The summed E-state index contributed by atoms with van der Waals surface area (Å²) in [7, 11) is 0. The Labute approximate surface area is 75.8 Å². The highest BCUT2D eigenvalue weighted by Gasteiger charge is 1.84. The summed E-state index contributed by atoms with van der Waals surface area (Å²) in [5.74, 6) is 6.08. The van der Waals surface area contributed by atoms with Crippen LogP contribution in [0.4, 0.5) is 0 Å². The van der Waals surface area contributed by atoms with Crippen LogP contribution in [-0.2, 0) is 0 Å². The van der Waals surface area contributed by atoms with E-state index in [-0.39, 0.29) is 4.83 Å². The molecule has 0 aliphatic carbocycles. The summed E-state index contributed by atoms with van der Waals surface area (Å²) >= 11 is 3.36. The Morgan fingerprint density at radius 3 is 2.45 bits per heavy atom. The molecule has 0 saturated carbocycles. The number of rotatable bonds is 0. The highest BCUT2D eigenvalue weighted by molar-refractivity contribution is 9.09. The van der Waals surface area contributed by atoms with Crippen molar-refractivity contribution < 1.29 is 0 Å². The topological polar surface area (TPSA) is 0 Å². The van der Waals surface area contributed by atoms with Gasteiger partial charge in [-0.2, -0.15) is 0 Å². The van der Waals surface area contributed by atoms with Gasteiger partial charge in [0.05, 0.1) is 4.83 Å². The van der Waals surface area contributed by atoms with Crippen LogP contribution < -0.4 is 0 Å². The molecule has 0 nitrogen and oxygen atoms in total. The quantitative estimate of drug-likeness (QED) is 0.455. The molecule has 0 aliphatic heterocycles.